The maximum Gasteiger partial charge on any atom is 0.337 e. The predicted molar refractivity (Wildman–Crippen MR) is 65.6 cm³/mol. The van der Waals surface area contributed by atoms with E-state index in [1.54, 1.807) is 16.8 Å². The lowest BCUT2D eigenvalue weighted by Crippen LogP contribution is -2.09. The van der Waals surface area contributed by atoms with Crippen LogP contribution in [-0.2, 0) is 0 Å². The molecule has 5 heteroatoms. The molecule has 0 spiro atoms. The first-order valence-corrected chi connectivity index (χ1v) is 5.74. The van der Waals surface area contributed by atoms with Crippen molar-refractivity contribution in [3.8, 4) is 0 Å². The van der Waals surface area contributed by atoms with E-state index in [4.69, 9.17) is 10.8 Å². The van der Waals surface area contributed by atoms with Gasteiger partial charge in [-0.3, -0.25) is 4.79 Å². The van der Waals surface area contributed by atoms with Gasteiger partial charge < -0.3 is 10.8 Å². The summed E-state index contributed by atoms with van der Waals surface area (Å²) < 4.78 is 0. The van der Waals surface area contributed by atoms with Gasteiger partial charge in [0, 0.05) is 16.5 Å². The number of carboxylic acid groups (broad SMARTS) is 1. The molecule has 17 heavy (non-hydrogen) atoms. The number of anilines is 1. The third-order valence-electron chi connectivity index (χ3n) is 2.36. The zero-order chi connectivity index (χ0) is 12.4. The summed E-state index contributed by atoms with van der Waals surface area (Å²) in [5, 5.41) is 12.4. The molecule has 0 atom stereocenters. The van der Waals surface area contributed by atoms with Gasteiger partial charge in [-0.1, -0.05) is 6.07 Å². The fourth-order valence-corrected chi connectivity index (χ4v) is 2.13. The average Bonchev–Trinajstić information content (AvgIpc) is 2.81. The van der Waals surface area contributed by atoms with Gasteiger partial charge in [0.1, 0.15) is 0 Å². The van der Waals surface area contributed by atoms with Crippen molar-refractivity contribution in [1.29, 1.82) is 0 Å². The molecule has 2 aromatic rings. The Hall–Kier alpha value is -2.14. The fourth-order valence-electron chi connectivity index (χ4n) is 1.50. The van der Waals surface area contributed by atoms with Crippen LogP contribution in [0.25, 0.3) is 0 Å². The number of hydrogen-bond acceptors (Lipinski definition) is 4. The Kier molecular flexibility index (Phi) is 2.93. The normalized spacial score (nSPS) is 10.1. The standard InChI is InChI=1S/C12H9NO3S/c13-10-8(2-1-3-9(10)12(15)16)11(14)7-4-5-17-6-7/h1-6H,13H2,(H,15,16). The molecule has 0 fully saturated rings. The maximum atomic E-state index is 12.0. The van der Waals surface area contributed by atoms with Crippen LogP contribution in [0.15, 0.2) is 35.0 Å². The number of para-hydroxylation sites is 1. The molecule has 1 aromatic heterocycles. The molecule has 0 saturated heterocycles. The number of hydrogen-bond donors (Lipinski definition) is 2. The van der Waals surface area contributed by atoms with Gasteiger partial charge in [-0.05, 0) is 23.6 Å². The van der Waals surface area contributed by atoms with Crippen LogP contribution in [0.1, 0.15) is 26.3 Å². The molecular weight excluding hydrogens is 238 g/mol. The highest BCUT2D eigenvalue weighted by atomic mass is 32.1. The van der Waals surface area contributed by atoms with E-state index in [2.05, 4.69) is 0 Å². The molecule has 0 bridgehead atoms. The predicted octanol–water partition coefficient (Wildman–Crippen LogP) is 2.26. The SMILES string of the molecule is Nc1c(C(=O)O)cccc1C(=O)c1ccsc1. The Morgan fingerprint density at radius 3 is 2.47 bits per heavy atom. The number of carboxylic acids is 1. The number of ketones is 1. The first-order chi connectivity index (χ1) is 8.11. The summed E-state index contributed by atoms with van der Waals surface area (Å²) >= 11 is 1.40. The van der Waals surface area contributed by atoms with Gasteiger partial charge in [-0.2, -0.15) is 11.3 Å². The molecule has 0 radical (unpaired) electrons. The number of carbonyl (C=O) groups is 2. The van der Waals surface area contributed by atoms with Crippen molar-refractivity contribution in [3.63, 3.8) is 0 Å². The molecule has 0 saturated carbocycles. The largest absolute Gasteiger partial charge is 0.478 e. The lowest BCUT2D eigenvalue weighted by atomic mass is 10.0. The molecule has 4 nitrogen and oxygen atoms in total. The third-order valence-corrected chi connectivity index (χ3v) is 3.05. The summed E-state index contributed by atoms with van der Waals surface area (Å²) in [5.74, 6) is -1.39. The summed E-state index contributed by atoms with van der Waals surface area (Å²) in [4.78, 5) is 22.9. The van der Waals surface area contributed by atoms with Gasteiger partial charge in [-0.15, -0.1) is 0 Å². The molecule has 1 heterocycles. The summed E-state index contributed by atoms with van der Waals surface area (Å²) in [6.07, 6.45) is 0. The summed E-state index contributed by atoms with van der Waals surface area (Å²) in [6.45, 7) is 0. The molecule has 0 aliphatic heterocycles. The smallest absolute Gasteiger partial charge is 0.337 e. The third kappa shape index (κ3) is 2.05. The zero-order valence-electron chi connectivity index (χ0n) is 8.71. The second-order valence-corrected chi connectivity index (χ2v) is 4.19. The monoisotopic (exact) mass is 247 g/mol. The zero-order valence-corrected chi connectivity index (χ0v) is 9.53. The van der Waals surface area contributed by atoms with E-state index in [1.165, 1.54) is 29.5 Å². The van der Waals surface area contributed by atoms with E-state index < -0.39 is 5.97 Å². The molecule has 1 aromatic carbocycles. The van der Waals surface area contributed by atoms with Gasteiger partial charge in [-0.25, -0.2) is 4.79 Å². The Labute approximate surface area is 101 Å². The number of carbonyl (C=O) groups excluding carboxylic acids is 1. The van der Waals surface area contributed by atoms with Crippen LogP contribution in [0.3, 0.4) is 0 Å². The molecule has 2 rings (SSSR count). The van der Waals surface area contributed by atoms with Gasteiger partial charge in [0.05, 0.1) is 11.3 Å². The van der Waals surface area contributed by atoms with Crippen LogP contribution in [0.5, 0.6) is 0 Å². The van der Waals surface area contributed by atoms with Gasteiger partial charge in [0.15, 0.2) is 5.78 Å². The van der Waals surface area contributed by atoms with Crippen molar-refractivity contribution < 1.29 is 14.7 Å². The summed E-state index contributed by atoms with van der Waals surface area (Å²) in [5.41, 5.74) is 6.40. The highest BCUT2D eigenvalue weighted by Gasteiger charge is 2.17. The van der Waals surface area contributed by atoms with Gasteiger partial charge in [0.2, 0.25) is 0 Å². The Morgan fingerprint density at radius 2 is 1.88 bits per heavy atom. The van der Waals surface area contributed by atoms with Crippen molar-refractivity contribution in [2.45, 2.75) is 0 Å². The number of nitrogens with two attached hydrogens (primary N) is 1. The Morgan fingerprint density at radius 1 is 1.18 bits per heavy atom. The lowest BCUT2D eigenvalue weighted by molar-refractivity contribution is 0.0698. The molecular formula is C12H9NO3S. The van der Waals surface area contributed by atoms with Gasteiger partial charge >= 0.3 is 5.97 Å². The topological polar surface area (TPSA) is 80.4 Å². The van der Waals surface area contributed by atoms with Crippen LogP contribution in [0.2, 0.25) is 0 Å². The van der Waals surface area contributed by atoms with E-state index in [0.717, 1.165) is 0 Å². The first-order valence-electron chi connectivity index (χ1n) is 4.80. The Balaban J connectivity index is 2.50. The van der Waals surface area contributed by atoms with Crippen molar-refractivity contribution in [2.24, 2.45) is 0 Å². The highest BCUT2D eigenvalue weighted by Crippen LogP contribution is 2.21. The Bertz CT molecular complexity index is 575. The maximum absolute atomic E-state index is 12.0. The van der Waals surface area contributed by atoms with Crippen molar-refractivity contribution >= 4 is 28.8 Å². The number of benzene rings is 1. The van der Waals surface area contributed by atoms with E-state index >= 15 is 0 Å². The van der Waals surface area contributed by atoms with Crippen LogP contribution < -0.4 is 5.73 Å². The van der Waals surface area contributed by atoms with Crippen LogP contribution >= 0.6 is 11.3 Å². The van der Waals surface area contributed by atoms with E-state index in [1.807, 2.05) is 0 Å². The number of rotatable bonds is 3. The molecule has 0 aliphatic rings. The lowest BCUT2D eigenvalue weighted by Gasteiger charge is -2.06. The molecule has 0 unspecified atom stereocenters. The number of nitrogen functional groups attached to an aromatic ring is 1. The number of aromatic carboxylic acids is 1. The van der Waals surface area contributed by atoms with Crippen molar-refractivity contribution in [3.05, 3.63) is 51.7 Å². The molecule has 0 amide bonds. The van der Waals surface area contributed by atoms with E-state index in [0.29, 0.717) is 5.56 Å². The first kappa shape index (κ1) is 11.3. The minimum atomic E-state index is -1.14. The molecule has 0 aliphatic carbocycles. The van der Waals surface area contributed by atoms with Gasteiger partial charge in [0.25, 0.3) is 0 Å². The van der Waals surface area contributed by atoms with Crippen LogP contribution in [-0.4, -0.2) is 16.9 Å². The van der Waals surface area contributed by atoms with Crippen molar-refractivity contribution in [2.75, 3.05) is 5.73 Å². The fraction of sp³-hybridized carbons (Fsp3) is 0. The minimum absolute atomic E-state index is 0.0104. The summed E-state index contributed by atoms with van der Waals surface area (Å²) in [7, 11) is 0. The van der Waals surface area contributed by atoms with Crippen LogP contribution in [0.4, 0.5) is 5.69 Å². The second-order valence-electron chi connectivity index (χ2n) is 3.41. The van der Waals surface area contributed by atoms with Crippen molar-refractivity contribution in [1.82, 2.24) is 0 Å². The van der Waals surface area contributed by atoms with E-state index in [9.17, 15) is 9.59 Å². The van der Waals surface area contributed by atoms with E-state index in [-0.39, 0.29) is 22.6 Å². The highest BCUT2D eigenvalue weighted by molar-refractivity contribution is 7.08. The second kappa shape index (κ2) is 4.39. The number of thiophene rings is 1. The quantitative estimate of drug-likeness (QED) is 0.644. The van der Waals surface area contributed by atoms with Crippen LogP contribution in [0, 0.1) is 0 Å². The molecule has 86 valence electrons. The minimum Gasteiger partial charge on any atom is -0.478 e. The summed E-state index contributed by atoms with van der Waals surface area (Å²) in [6, 6.07) is 6.10. The average molecular weight is 247 g/mol. The molecule has 3 N–H and O–H groups in total.